The summed E-state index contributed by atoms with van der Waals surface area (Å²) in [7, 11) is 3.60. The number of benzene rings is 1. The van der Waals surface area contributed by atoms with Crippen LogP contribution < -0.4 is 10.1 Å². The molecule has 1 rings (SSSR count). The van der Waals surface area contributed by atoms with Crippen LogP contribution >= 0.6 is 11.6 Å². The van der Waals surface area contributed by atoms with E-state index in [9.17, 15) is 0 Å². The van der Waals surface area contributed by atoms with Gasteiger partial charge < -0.3 is 10.1 Å². The Morgan fingerprint density at radius 1 is 1.42 bits per heavy atom. The minimum absolute atomic E-state index is 0.632. The standard InChI is InChI=1S/C9H12ClNO/c1-11-6-7-12-9-5-3-2-4-8(9)10/h2-5H,1,6-7,11H2. The predicted molar refractivity (Wildman–Crippen MR) is 49.1 cm³/mol. The Morgan fingerprint density at radius 3 is 2.83 bits per heavy atom. The fourth-order valence-electron chi connectivity index (χ4n) is 0.814. The number of rotatable bonds is 4. The van der Waals surface area contributed by atoms with Gasteiger partial charge >= 0.3 is 0 Å². The molecule has 12 heavy (non-hydrogen) atoms. The summed E-state index contributed by atoms with van der Waals surface area (Å²) in [6.45, 7) is 1.47. The predicted octanol–water partition coefficient (Wildman–Crippen LogP) is 1.07. The molecule has 0 saturated heterocycles. The molecular weight excluding hydrogens is 174 g/mol. The maximum Gasteiger partial charge on any atom is 0.138 e. The lowest BCUT2D eigenvalue weighted by atomic mass is 10.3. The third kappa shape index (κ3) is 2.72. The molecule has 0 amide bonds. The molecule has 0 aliphatic heterocycles. The normalized spacial score (nSPS) is 9.83. The van der Waals surface area contributed by atoms with E-state index < -0.39 is 0 Å². The Balaban J connectivity index is 2.46. The van der Waals surface area contributed by atoms with Crippen LogP contribution in [0.1, 0.15) is 0 Å². The second kappa shape index (κ2) is 5.01. The molecule has 0 fully saturated rings. The molecule has 66 valence electrons. The topological polar surface area (TPSA) is 25.8 Å². The molecule has 2 nitrogen and oxygen atoms in total. The van der Waals surface area contributed by atoms with Crippen molar-refractivity contribution >= 4 is 11.6 Å². The number of halogens is 1. The molecule has 0 heterocycles. The first kappa shape index (κ1) is 9.36. The summed E-state index contributed by atoms with van der Waals surface area (Å²) in [5.74, 6) is 0.737. The molecule has 0 radical (unpaired) electrons. The first-order valence-corrected chi connectivity index (χ1v) is 4.20. The summed E-state index contributed by atoms with van der Waals surface area (Å²) in [5.41, 5.74) is 0. The number of nitrogens with two attached hydrogens (primary N) is 1. The summed E-state index contributed by atoms with van der Waals surface area (Å²) in [5, 5.41) is 2.47. The fraction of sp³-hybridized carbons (Fsp3) is 0.222. The van der Waals surface area contributed by atoms with E-state index in [1.807, 2.05) is 29.6 Å². The third-order valence-corrected chi connectivity index (χ3v) is 1.73. The number of hydrogen-bond acceptors (Lipinski definition) is 1. The molecule has 1 aromatic carbocycles. The largest absolute Gasteiger partial charge is 0.486 e. The summed E-state index contributed by atoms with van der Waals surface area (Å²) in [4.78, 5) is 0. The molecule has 0 aliphatic rings. The van der Waals surface area contributed by atoms with E-state index in [0.717, 1.165) is 12.3 Å². The monoisotopic (exact) mass is 185 g/mol. The van der Waals surface area contributed by atoms with Crippen molar-refractivity contribution in [1.29, 1.82) is 0 Å². The van der Waals surface area contributed by atoms with E-state index in [2.05, 4.69) is 7.05 Å². The summed E-state index contributed by atoms with van der Waals surface area (Å²) >= 11 is 5.85. The van der Waals surface area contributed by atoms with E-state index in [1.54, 1.807) is 0 Å². The van der Waals surface area contributed by atoms with Crippen LogP contribution in [-0.4, -0.2) is 13.2 Å². The Kier molecular flexibility index (Phi) is 3.91. The third-order valence-electron chi connectivity index (χ3n) is 1.42. The molecule has 2 N–H and O–H groups in total. The van der Waals surface area contributed by atoms with Crippen molar-refractivity contribution in [2.24, 2.45) is 0 Å². The Morgan fingerprint density at radius 2 is 2.17 bits per heavy atom. The maximum atomic E-state index is 5.85. The SMILES string of the molecule is [CH2-][NH2+]CCOc1ccccc1Cl. The molecule has 0 spiro atoms. The van der Waals surface area contributed by atoms with Gasteiger partial charge in [-0.3, -0.25) is 0 Å². The molecule has 0 unspecified atom stereocenters. The van der Waals surface area contributed by atoms with Crippen LogP contribution in [0.25, 0.3) is 0 Å². The van der Waals surface area contributed by atoms with Crippen LogP contribution in [0.2, 0.25) is 5.02 Å². The number of hydrogen-bond donors (Lipinski definition) is 1. The number of para-hydroxylation sites is 1. The van der Waals surface area contributed by atoms with Gasteiger partial charge in [0.05, 0.1) is 11.6 Å². The van der Waals surface area contributed by atoms with Crippen molar-refractivity contribution < 1.29 is 10.1 Å². The first-order chi connectivity index (χ1) is 5.84. The van der Waals surface area contributed by atoms with Gasteiger partial charge in [0.25, 0.3) is 0 Å². The molecule has 0 aliphatic carbocycles. The van der Waals surface area contributed by atoms with Gasteiger partial charge in [-0.25, -0.2) is 0 Å². The minimum atomic E-state index is 0.632. The zero-order valence-electron chi connectivity index (χ0n) is 6.79. The molecular formula is C9H12ClNO. The van der Waals surface area contributed by atoms with Crippen molar-refractivity contribution in [3.63, 3.8) is 0 Å². The van der Waals surface area contributed by atoms with Gasteiger partial charge in [-0.2, -0.15) is 7.05 Å². The van der Waals surface area contributed by atoms with Gasteiger partial charge in [0.15, 0.2) is 0 Å². The lowest BCUT2D eigenvalue weighted by molar-refractivity contribution is -0.596. The van der Waals surface area contributed by atoms with Gasteiger partial charge in [-0.1, -0.05) is 23.7 Å². The van der Waals surface area contributed by atoms with Crippen LogP contribution in [0.4, 0.5) is 0 Å². The van der Waals surface area contributed by atoms with Gasteiger partial charge in [0, 0.05) is 0 Å². The lowest BCUT2D eigenvalue weighted by Gasteiger charge is -2.06. The van der Waals surface area contributed by atoms with Crippen LogP contribution in [-0.2, 0) is 0 Å². The van der Waals surface area contributed by atoms with Gasteiger partial charge in [0.1, 0.15) is 12.4 Å². The van der Waals surface area contributed by atoms with Gasteiger partial charge in [0.2, 0.25) is 0 Å². The van der Waals surface area contributed by atoms with Crippen molar-refractivity contribution in [1.82, 2.24) is 0 Å². The van der Waals surface area contributed by atoms with Crippen molar-refractivity contribution in [2.75, 3.05) is 13.2 Å². The quantitative estimate of drug-likeness (QED) is 0.551. The van der Waals surface area contributed by atoms with E-state index in [0.29, 0.717) is 11.6 Å². The maximum absolute atomic E-state index is 5.85. The Labute approximate surface area is 77.5 Å². The molecule has 0 atom stereocenters. The Hall–Kier alpha value is -0.730. The zero-order chi connectivity index (χ0) is 8.81. The van der Waals surface area contributed by atoms with E-state index in [-0.39, 0.29) is 0 Å². The van der Waals surface area contributed by atoms with E-state index in [1.165, 1.54) is 0 Å². The highest BCUT2D eigenvalue weighted by atomic mass is 35.5. The lowest BCUT2D eigenvalue weighted by Crippen LogP contribution is -2.78. The van der Waals surface area contributed by atoms with Crippen LogP contribution in [0.5, 0.6) is 5.75 Å². The van der Waals surface area contributed by atoms with Crippen LogP contribution in [0.15, 0.2) is 24.3 Å². The van der Waals surface area contributed by atoms with Crippen LogP contribution in [0.3, 0.4) is 0 Å². The highest BCUT2D eigenvalue weighted by Crippen LogP contribution is 2.22. The van der Waals surface area contributed by atoms with Crippen LogP contribution in [0, 0.1) is 7.05 Å². The Bertz CT molecular complexity index is 240. The molecule has 0 saturated carbocycles. The molecule has 0 bridgehead atoms. The highest BCUT2D eigenvalue weighted by molar-refractivity contribution is 6.32. The highest BCUT2D eigenvalue weighted by Gasteiger charge is 1.97. The molecule has 1 aromatic rings. The summed E-state index contributed by atoms with van der Waals surface area (Å²) < 4.78 is 5.37. The molecule has 0 aromatic heterocycles. The van der Waals surface area contributed by atoms with Crippen molar-refractivity contribution in [2.45, 2.75) is 0 Å². The average Bonchev–Trinajstić information content (AvgIpc) is 2.09. The number of quaternary nitrogens is 1. The molecule has 3 heteroatoms. The van der Waals surface area contributed by atoms with Gasteiger partial charge in [-0.05, 0) is 12.1 Å². The van der Waals surface area contributed by atoms with E-state index in [4.69, 9.17) is 16.3 Å². The smallest absolute Gasteiger partial charge is 0.138 e. The van der Waals surface area contributed by atoms with E-state index >= 15 is 0 Å². The van der Waals surface area contributed by atoms with Gasteiger partial charge in [-0.15, -0.1) is 0 Å². The second-order valence-electron chi connectivity index (χ2n) is 2.36. The second-order valence-corrected chi connectivity index (χ2v) is 2.76. The first-order valence-electron chi connectivity index (χ1n) is 3.83. The average molecular weight is 186 g/mol. The summed E-state index contributed by atoms with van der Waals surface area (Å²) in [6.07, 6.45) is 0. The minimum Gasteiger partial charge on any atom is -0.486 e. The fourth-order valence-corrected chi connectivity index (χ4v) is 1.00. The van der Waals surface area contributed by atoms with Crippen molar-refractivity contribution in [3.05, 3.63) is 36.3 Å². The number of ether oxygens (including phenoxy) is 1. The zero-order valence-corrected chi connectivity index (χ0v) is 7.55. The van der Waals surface area contributed by atoms with Crippen molar-refractivity contribution in [3.8, 4) is 5.75 Å². The summed E-state index contributed by atoms with van der Waals surface area (Å²) in [6, 6.07) is 7.44.